The van der Waals surface area contributed by atoms with Crippen LogP contribution in [0.15, 0.2) is 0 Å². The number of aliphatic hydroxyl groups excluding tert-OH is 5. The first kappa shape index (κ1) is 76.8. The van der Waals surface area contributed by atoms with Crippen molar-refractivity contribution in [1.29, 1.82) is 0 Å². The van der Waals surface area contributed by atoms with E-state index in [4.69, 9.17) is 5.11 Å². The van der Waals surface area contributed by atoms with E-state index < -0.39 is 24.4 Å². The van der Waals surface area contributed by atoms with Crippen LogP contribution in [0.25, 0.3) is 0 Å². The summed E-state index contributed by atoms with van der Waals surface area (Å²) >= 11 is 0. The van der Waals surface area contributed by atoms with Crippen LogP contribution in [0, 0.1) is 96.1 Å². The molecule has 474 valence electrons. The highest BCUT2D eigenvalue weighted by Crippen LogP contribution is 2.52. The molecular weight excluding hydrogens is 969 g/mol. The van der Waals surface area contributed by atoms with Gasteiger partial charge in [0.1, 0.15) is 0 Å². The van der Waals surface area contributed by atoms with Crippen LogP contribution in [0.3, 0.4) is 0 Å². The van der Waals surface area contributed by atoms with Gasteiger partial charge in [0, 0.05) is 0 Å². The molecule has 5 N–H and O–H groups in total. The van der Waals surface area contributed by atoms with Crippen molar-refractivity contribution >= 4 is 0 Å². The van der Waals surface area contributed by atoms with E-state index in [1.165, 1.54) is 122 Å². The molecule has 8 saturated carbocycles. The SMILES string of the molecule is CC(C)(C)C(C)(C)C1CCC1.CC(C)(C)C1CC(O)C(O)C1.CC(C)(C)C1CC(O)C1.CC(C)(C)C1CCC1.CC(C)(C)C1CCCC1.CC(C)(C)CC1CC(O)C(O)C1.CC(C)(C)CC1CCC1.CC(C)(C)CC1CCCC1. The molecular formula is C74H148O5. The molecule has 79 heavy (non-hydrogen) atoms. The molecule has 4 atom stereocenters. The summed E-state index contributed by atoms with van der Waals surface area (Å²) in [7, 11) is 0. The second-order valence-electron chi connectivity index (χ2n) is 37.5. The molecule has 0 bridgehead atoms. The van der Waals surface area contributed by atoms with Gasteiger partial charge in [-0.2, -0.15) is 0 Å². The molecule has 8 aliphatic rings. The van der Waals surface area contributed by atoms with Gasteiger partial charge in [0.25, 0.3) is 0 Å². The minimum atomic E-state index is -0.487. The summed E-state index contributed by atoms with van der Waals surface area (Å²) in [6.45, 7) is 59.9. The first-order valence-corrected chi connectivity index (χ1v) is 33.9. The fraction of sp³-hybridized carbons (Fsp3) is 1.00. The van der Waals surface area contributed by atoms with Crippen LogP contribution >= 0.6 is 0 Å². The summed E-state index contributed by atoms with van der Waals surface area (Å²) in [5.41, 5.74) is 4.27. The van der Waals surface area contributed by atoms with E-state index in [0.29, 0.717) is 55.2 Å². The summed E-state index contributed by atoms with van der Waals surface area (Å²) in [4.78, 5) is 0. The maximum absolute atomic E-state index is 9.31. The van der Waals surface area contributed by atoms with Crippen LogP contribution in [0.4, 0.5) is 0 Å². The highest BCUT2D eigenvalue weighted by Gasteiger charge is 2.43. The zero-order valence-electron chi connectivity index (χ0n) is 58.6. The lowest BCUT2D eigenvalue weighted by Gasteiger charge is -2.49. The van der Waals surface area contributed by atoms with Crippen LogP contribution in [-0.4, -0.2) is 56.1 Å². The van der Waals surface area contributed by atoms with Crippen molar-refractivity contribution in [1.82, 2.24) is 0 Å². The number of aliphatic hydroxyl groups is 5. The van der Waals surface area contributed by atoms with Gasteiger partial charge in [-0.25, -0.2) is 0 Å². The van der Waals surface area contributed by atoms with E-state index >= 15 is 0 Å². The van der Waals surface area contributed by atoms with Gasteiger partial charge in [0.05, 0.1) is 30.5 Å². The standard InChI is InChI=1S/C11H22.C10H20O2.C10H20.C9H18O2.2C9H18.C8H16O.C8H16/c1-10(2,3)11(4,5)9-7-6-8-9;1-10(2,3)6-7-4-8(11)9(12)5-7;1-10(2,3)8-9-6-4-5-7-9;1-9(2,3)6-4-7(10)8(11)5-6;1-9(2,3)7-8-5-4-6-8;1-9(2,3)8-6-4-5-7-8;1-8(2,3)6-4-7(9)5-6;1-8(2,3)7-5-4-6-7/h9H,6-8H2,1-5H3;7-9,11-12H,4-6H2,1-3H3;9H,4-8H2,1-3H3;6-8,10-11H,4-5H2,1-3H3;2*8H,4-7H2,1-3H3;6-7,9H,4-5H2,1-3H3;7H,4-6H2,1-3H3. The average molecular weight is 1120 g/mol. The molecule has 0 aliphatic heterocycles. The molecule has 8 fully saturated rings. The van der Waals surface area contributed by atoms with Crippen molar-refractivity contribution in [2.75, 3.05) is 0 Å². The molecule has 8 aliphatic carbocycles. The topological polar surface area (TPSA) is 101 Å². The molecule has 0 aromatic rings. The largest absolute Gasteiger partial charge is 0.393 e. The van der Waals surface area contributed by atoms with E-state index in [9.17, 15) is 20.4 Å². The Labute approximate surface area is 496 Å². The van der Waals surface area contributed by atoms with Gasteiger partial charge in [-0.15, -0.1) is 0 Å². The Kier molecular flexibility index (Phi) is 31.6. The lowest BCUT2D eigenvalue weighted by molar-refractivity contribution is -0.00927. The third-order valence-electron chi connectivity index (χ3n) is 21.0. The Morgan fingerprint density at radius 1 is 0.253 bits per heavy atom. The minimum Gasteiger partial charge on any atom is -0.393 e. The van der Waals surface area contributed by atoms with E-state index in [1.54, 1.807) is 0 Å². The van der Waals surface area contributed by atoms with Gasteiger partial charge in [-0.3, -0.25) is 0 Å². The molecule has 0 aromatic heterocycles. The minimum absolute atomic E-state index is 0.00854. The summed E-state index contributed by atoms with van der Waals surface area (Å²) in [5.74, 6) is 6.89. The molecule has 0 amide bonds. The third-order valence-corrected chi connectivity index (χ3v) is 21.0. The summed E-state index contributed by atoms with van der Waals surface area (Å²) in [6.07, 6.45) is 32.3. The maximum atomic E-state index is 9.31. The predicted octanol–water partition coefficient (Wildman–Crippen LogP) is 21.3. The molecule has 5 heteroatoms. The van der Waals surface area contributed by atoms with E-state index in [-0.39, 0.29) is 11.5 Å². The Morgan fingerprint density at radius 3 is 0.671 bits per heavy atom. The monoisotopic (exact) mass is 1120 g/mol. The van der Waals surface area contributed by atoms with Gasteiger partial charge >= 0.3 is 0 Å². The molecule has 0 heterocycles. The van der Waals surface area contributed by atoms with Crippen LogP contribution in [-0.2, 0) is 0 Å². The first-order valence-electron chi connectivity index (χ1n) is 33.9. The second kappa shape index (κ2) is 32.5. The smallest absolute Gasteiger partial charge is 0.0802 e. The second-order valence-corrected chi connectivity index (χ2v) is 37.5. The van der Waals surface area contributed by atoms with Crippen molar-refractivity contribution in [3.05, 3.63) is 0 Å². The Balaban J connectivity index is 0.000000453. The highest BCUT2D eigenvalue weighted by molar-refractivity contribution is 4.93. The lowest BCUT2D eigenvalue weighted by atomic mass is 9.56. The quantitative estimate of drug-likeness (QED) is 0.193. The molecule has 8 rings (SSSR count). The van der Waals surface area contributed by atoms with E-state index in [2.05, 4.69) is 180 Å². The van der Waals surface area contributed by atoms with Crippen LogP contribution in [0.5, 0.6) is 0 Å². The van der Waals surface area contributed by atoms with Crippen molar-refractivity contribution in [3.8, 4) is 0 Å². The lowest BCUT2D eigenvalue weighted by Crippen LogP contribution is -2.40. The van der Waals surface area contributed by atoms with Gasteiger partial charge in [0.15, 0.2) is 0 Å². The third kappa shape index (κ3) is 32.2. The van der Waals surface area contributed by atoms with Crippen molar-refractivity contribution in [2.45, 2.75) is 377 Å². The Hall–Kier alpha value is -0.200. The van der Waals surface area contributed by atoms with Crippen molar-refractivity contribution < 1.29 is 25.5 Å². The average Bonchev–Trinajstić information content (AvgIpc) is 4.00. The van der Waals surface area contributed by atoms with Gasteiger partial charge in [-0.05, 0) is 192 Å². The Morgan fingerprint density at radius 2 is 0.494 bits per heavy atom. The van der Waals surface area contributed by atoms with Crippen LogP contribution in [0.2, 0.25) is 0 Å². The molecule has 0 spiro atoms. The normalized spacial score (nSPS) is 28.4. The first-order chi connectivity index (χ1) is 35.5. The number of hydrogen-bond acceptors (Lipinski definition) is 5. The van der Waals surface area contributed by atoms with Crippen LogP contribution in [0.1, 0.15) is 347 Å². The molecule has 0 radical (unpaired) electrons. The van der Waals surface area contributed by atoms with Gasteiger partial charge in [-0.1, -0.05) is 251 Å². The van der Waals surface area contributed by atoms with E-state index in [0.717, 1.165) is 80.5 Å². The molecule has 5 nitrogen and oxygen atoms in total. The number of rotatable bonds is 4. The molecule has 0 aromatic carbocycles. The summed E-state index contributed by atoms with van der Waals surface area (Å²) < 4.78 is 0. The Bertz CT molecular complexity index is 1540. The highest BCUT2D eigenvalue weighted by atomic mass is 16.3. The summed E-state index contributed by atoms with van der Waals surface area (Å²) in [6, 6.07) is 0. The number of hydrogen-bond donors (Lipinski definition) is 5. The van der Waals surface area contributed by atoms with Crippen LogP contribution < -0.4 is 0 Å². The fourth-order valence-electron chi connectivity index (χ4n) is 13.6. The maximum Gasteiger partial charge on any atom is 0.0802 e. The van der Waals surface area contributed by atoms with Crippen molar-refractivity contribution in [3.63, 3.8) is 0 Å². The predicted molar refractivity (Wildman–Crippen MR) is 347 cm³/mol. The zero-order valence-corrected chi connectivity index (χ0v) is 58.6. The zero-order chi connectivity index (χ0) is 61.4. The summed E-state index contributed by atoms with van der Waals surface area (Å²) in [5, 5.41) is 46.2. The van der Waals surface area contributed by atoms with E-state index in [1.807, 2.05) is 0 Å². The van der Waals surface area contributed by atoms with Gasteiger partial charge < -0.3 is 25.5 Å². The molecule has 4 unspecified atom stereocenters. The fourth-order valence-corrected chi connectivity index (χ4v) is 13.6. The van der Waals surface area contributed by atoms with Gasteiger partial charge in [0.2, 0.25) is 0 Å². The molecule has 0 saturated heterocycles. The van der Waals surface area contributed by atoms with Crippen molar-refractivity contribution in [2.24, 2.45) is 96.1 Å².